The summed E-state index contributed by atoms with van der Waals surface area (Å²) in [4.78, 5) is 23.2. The highest BCUT2D eigenvalue weighted by atomic mass is 16.5. The Balaban J connectivity index is 1.85. The van der Waals surface area contributed by atoms with E-state index in [0.717, 1.165) is 28.9 Å². The maximum atomic E-state index is 12.2. The second-order valence-corrected chi connectivity index (χ2v) is 6.63. The summed E-state index contributed by atoms with van der Waals surface area (Å²) >= 11 is 0. The standard InChI is InChI=1S/C20H27N3O3/c1-13(24)6-7-17-8-10-18(11-9-17)26-12-19(25)21-14(2)20-15(3)22-23(5)16(20)4/h8-11,14H,6-7,12H2,1-5H3,(H,21,25). The first-order chi connectivity index (χ1) is 12.3. The number of ether oxygens (including phenoxy) is 1. The van der Waals surface area contributed by atoms with Crippen molar-refractivity contribution >= 4 is 11.7 Å². The Bertz CT molecular complexity index is 778. The van der Waals surface area contributed by atoms with E-state index in [2.05, 4.69) is 10.4 Å². The molecule has 0 fully saturated rings. The number of aromatic nitrogens is 2. The number of hydrogen-bond acceptors (Lipinski definition) is 4. The summed E-state index contributed by atoms with van der Waals surface area (Å²) in [5.41, 5.74) is 4.07. The summed E-state index contributed by atoms with van der Waals surface area (Å²) in [6.45, 7) is 7.41. The highest BCUT2D eigenvalue weighted by Crippen LogP contribution is 2.20. The summed E-state index contributed by atoms with van der Waals surface area (Å²) < 4.78 is 7.37. The molecule has 2 rings (SSSR count). The summed E-state index contributed by atoms with van der Waals surface area (Å²) in [5, 5.41) is 7.33. The summed E-state index contributed by atoms with van der Waals surface area (Å²) in [7, 11) is 1.89. The van der Waals surface area contributed by atoms with Crippen molar-refractivity contribution in [1.29, 1.82) is 0 Å². The van der Waals surface area contributed by atoms with Crippen LogP contribution in [0.5, 0.6) is 5.75 Å². The van der Waals surface area contributed by atoms with E-state index in [0.29, 0.717) is 12.2 Å². The fraction of sp³-hybridized carbons (Fsp3) is 0.450. The Morgan fingerprint density at radius 3 is 2.42 bits per heavy atom. The molecule has 1 N–H and O–H groups in total. The number of carbonyl (C=O) groups is 2. The summed E-state index contributed by atoms with van der Waals surface area (Å²) in [5.74, 6) is 0.629. The van der Waals surface area contributed by atoms with E-state index < -0.39 is 0 Å². The molecule has 1 amide bonds. The highest BCUT2D eigenvalue weighted by molar-refractivity contribution is 5.78. The van der Waals surface area contributed by atoms with Crippen LogP contribution >= 0.6 is 0 Å². The quantitative estimate of drug-likeness (QED) is 0.788. The van der Waals surface area contributed by atoms with Crippen LogP contribution in [0.25, 0.3) is 0 Å². The second kappa shape index (κ2) is 8.65. The molecule has 0 aliphatic rings. The van der Waals surface area contributed by atoms with E-state index in [1.54, 1.807) is 6.92 Å². The predicted octanol–water partition coefficient (Wildman–Crippen LogP) is 2.81. The molecule has 1 atom stereocenters. The lowest BCUT2D eigenvalue weighted by Crippen LogP contribution is -2.31. The molecule has 0 saturated heterocycles. The fourth-order valence-electron chi connectivity index (χ4n) is 2.99. The first kappa shape index (κ1) is 19.7. The first-order valence-electron chi connectivity index (χ1n) is 8.78. The van der Waals surface area contributed by atoms with Crippen LogP contribution in [0.3, 0.4) is 0 Å². The lowest BCUT2D eigenvalue weighted by Gasteiger charge is -2.15. The van der Waals surface area contributed by atoms with E-state index in [-0.39, 0.29) is 24.3 Å². The number of aryl methyl sites for hydroxylation is 3. The molecule has 1 heterocycles. The van der Waals surface area contributed by atoms with Gasteiger partial charge in [-0.05, 0) is 51.8 Å². The monoisotopic (exact) mass is 357 g/mol. The van der Waals surface area contributed by atoms with Crippen LogP contribution in [0.15, 0.2) is 24.3 Å². The number of ketones is 1. The van der Waals surface area contributed by atoms with E-state index in [1.165, 1.54) is 0 Å². The lowest BCUT2D eigenvalue weighted by atomic mass is 10.1. The fourth-order valence-corrected chi connectivity index (χ4v) is 2.99. The lowest BCUT2D eigenvalue weighted by molar-refractivity contribution is -0.123. The van der Waals surface area contributed by atoms with E-state index >= 15 is 0 Å². The van der Waals surface area contributed by atoms with Crippen LogP contribution in [0.2, 0.25) is 0 Å². The van der Waals surface area contributed by atoms with Crippen LogP contribution in [0, 0.1) is 13.8 Å². The normalized spacial score (nSPS) is 11.9. The third kappa shape index (κ3) is 5.18. The minimum Gasteiger partial charge on any atom is -0.484 e. The van der Waals surface area contributed by atoms with Crippen LogP contribution in [-0.2, 0) is 23.1 Å². The zero-order valence-electron chi connectivity index (χ0n) is 16.1. The van der Waals surface area contributed by atoms with Gasteiger partial charge < -0.3 is 14.8 Å². The molecule has 26 heavy (non-hydrogen) atoms. The zero-order valence-corrected chi connectivity index (χ0v) is 16.1. The van der Waals surface area contributed by atoms with Crippen LogP contribution in [0.1, 0.15) is 48.8 Å². The van der Waals surface area contributed by atoms with Crippen LogP contribution < -0.4 is 10.1 Å². The number of rotatable bonds is 8. The van der Waals surface area contributed by atoms with Gasteiger partial charge in [0.15, 0.2) is 6.61 Å². The highest BCUT2D eigenvalue weighted by Gasteiger charge is 2.18. The average molecular weight is 357 g/mol. The van der Waals surface area contributed by atoms with Gasteiger partial charge in [-0.1, -0.05) is 12.1 Å². The largest absolute Gasteiger partial charge is 0.484 e. The average Bonchev–Trinajstić information content (AvgIpc) is 2.84. The third-order valence-electron chi connectivity index (χ3n) is 4.43. The number of benzene rings is 1. The van der Waals surface area contributed by atoms with Gasteiger partial charge in [0, 0.05) is 24.7 Å². The predicted molar refractivity (Wildman–Crippen MR) is 100 cm³/mol. The number of Topliss-reactive ketones (excluding diaryl/α,β-unsaturated/α-hetero) is 1. The maximum absolute atomic E-state index is 12.2. The number of amides is 1. The molecule has 0 spiro atoms. The SMILES string of the molecule is CC(=O)CCc1ccc(OCC(=O)NC(C)c2c(C)nn(C)c2C)cc1. The van der Waals surface area contributed by atoms with Crippen LogP contribution in [-0.4, -0.2) is 28.1 Å². The Hall–Kier alpha value is -2.63. The second-order valence-electron chi connectivity index (χ2n) is 6.63. The van der Waals surface area contributed by atoms with E-state index in [4.69, 9.17) is 4.74 Å². The van der Waals surface area contributed by atoms with Gasteiger partial charge in [0.05, 0.1) is 11.7 Å². The number of hydrogen-bond donors (Lipinski definition) is 1. The van der Waals surface area contributed by atoms with Gasteiger partial charge in [-0.25, -0.2) is 0 Å². The molecule has 2 aromatic rings. The molecule has 140 valence electrons. The first-order valence-corrected chi connectivity index (χ1v) is 8.78. The minimum absolute atomic E-state index is 0.0461. The molecule has 6 nitrogen and oxygen atoms in total. The number of nitrogens with one attached hydrogen (secondary N) is 1. The molecule has 1 unspecified atom stereocenters. The summed E-state index contributed by atoms with van der Waals surface area (Å²) in [6, 6.07) is 7.35. The van der Waals surface area contributed by atoms with Crippen molar-refractivity contribution in [2.75, 3.05) is 6.61 Å². The molecule has 6 heteroatoms. The Morgan fingerprint density at radius 1 is 1.23 bits per heavy atom. The van der Waals surface area contributed by atoms with Gasteiger partial charge in [0.25, 0.3) is 5.91 Å². The molecule has 1 aromatic carbocycles. The maximum Gasteiger partial charge on any atom is 0.258 e. The van der Waals surface area contributed by atoms with Gasteiger partial charge in [-0.2, -0.15) is 5.10 Å². The molecule has 0 bridgehead atoms. The van der Waals surface area contributed by atoms with Gasteiger partial charge in [0.1, 0.15) is 11.5 Å². The molecule has 0 saturated carbocycles. The smallest absolute Gasteiger partial charge is 0.258 e. The molecule has 0 aliphatic carbocycles. The van der Waals surface area contributed by atoms with Gasteiger partial charge in [0.2, 0.25) is 0 Å². The topological polar surface area (TPSA) is 73.2 Å². The van der Waals surface area contributed by atoms with Crippen molar-refractivity contribution in [3.63, 3.8) is 0 Å². The third-order valence-corrected chi connectivity index (χ3v) is 4.43. The molecular formula is C20H27N3O3. The molecular weight excluding hydrogens is 330 g/mol. The van der Waals surface area contributed by atoms with Crippen molar-refractivity contribution in [3.05, 3.63) is 46.8 Å². The molecule has 1 aromatic heterocycles. The molecule has 0 aliphatic heterocycles. The van der Waals surface area contributed by atoms with Gasteiger partial charge >= 0.3 is 0 Å². The zero-order chi connectivity index (χ0) is 19.3. The number of nitrogens with zero attached hydrogens (tertiary/aromatic N) is 2. The van der Waals surface area contributed by atoms with Crippen molar-refractivity contribution in [3.8, 4) is 5.75 Å². The number of carbonyl (C=O) groups excluding carboxylic acids is 2. The van der Waals surface area contributed by atoms with Gasteiger partial charge in [-0.15, -0.1) is 0 Å². The Morgan fingerprint density at radius 2 is 1.88 bits per heavy atom. The van der Waals surface area contributed by atoms with Crippen molar-refractivity contribution in [2.24, 2.45) is 7.05 Å². The Kier molecular flexibility index (Phi) is 6.55. The minimum atomic E-state index is -0.180. The Labute approximate surface area is 154 Å². The van der Waals surface area contributed by atoms with Crippen molar-refractivity contribution in [2.45, 2.75) is 46.6 Å². The van der Waals surface area contributed by atoms with Gasteiger partial charge in [-0.3, -0.25) is 9.48 Å². The van der Waals surface area contributed by atoms with E-state index in [1.807, 2.05) is 56.8 Å². The summed E-state index contributed by atoms with van der Waals surface area (Å²) in [6.07, 6.45) is 1.26. The van der Waals surface area contributed by atoms with E-state index in [9.17, 15) is 9.59 Å². The van der Waals surface area contributed by atoms with Crippen molar-refractivity contribution in [1.82, 2.24) is 15.1 Å². The van der Waals surface area contributed by atoms with Crippen LogP contribution in [0.4, 0.5) is 0 Å². The van der Waals surface area contributed by atoms with Crippen molar-refractivity contribution < 1.29 is 14.3 Å². The molecule has 0 radical (unpaired) electrons.